The van der Waals surface area contributed by atoms with E-state index in [1.807, 2.05) is 0 Å². The van der Waals surface area contributed by atoms with Gasteiger partial charge in [-0.1, -0.05) is 33.1 Å². The Bertz CT molecular complexity index is 211. The van der Waals surface area contributed by atoms with E-state index in [4.69, 9.17) is 13.3 Å². The Labute approximate surface area is 133 Å². The van der Waals surface area contributed by atoms with E-state index in [9.17, 15) is 0 Å². The normalized spacial score (nSPS) is 12.3. The third kappa shape index (κ3) is 9.63. The van der Waals surface area contributed by atoms with Crippen molar-refractivity contribution in [1.82, 2.24) is 4.90 Å². The molecule has 21 heavy (non-hydrogen) atoms. The van der Waals surface area contributed by atoms with Gasteiger partial charge in [-0.2, -0.15) is 0 Å². The summed E-state index contributed by atoms with van der Waals surface area (Å²) in [5.74, 6) is 0. The Balaban J connectivity index is 3.63. The molecule has 0 bridgehead atoms. The average Bonchev–Trinajstić information content (AvgIpc) is 2.51. The molecule has 0 aromatic heterocycles. The largest absolute Gasteiger partial charge is 0.500 e. The predicted molar refractivity (Wildman–Crippen MR) is 91.7 cm³/mol. The van der Waals surface area contributed by atoms with Crippen LogP contribution in [0.5, 0.6) is 0 Å². The van der Waals surface area contributed by atoms with Gasteiger partial charge >= 0.3 is 8.80 Å². The van der Waals surface area contributed by atoms with Crippen LogP contribution < -0.4 is 0 Å². The van der Waals surface area contributed by atoms with Gasteiger partial charge in [0.15, 0.2) is 0 Å². The van der Waals surface area contributed by atoms with Gasteiger partial charge in [0.2, 0.25) is 0 Å². The standard InChI is InChI=1S/C16H37NO3Si/c1-6-13-17(14-7-2)15-11-9-8-10-12-16-21(18-3,19-4)20-5/h6-16H2,1-5H3. The summed E-state index contributed by atoms with van der Waals surface area (Å²) in [6, 6.07) is 0.925. The van der Waals surface area contributed by atoms with Gasteiger partial charge in [-0.3, -0.25) is 0 Å². The molecule has 0 aromatic carbocycles. The highest BCUT2D eigenvalue weighted by Crippen LogP contribution is 2.18. The minimum absolute atomic E-state index is 0.925. The minimum atomic E-state index is -2.33. The number of nitrogens with zero attached hydrogens (tertiary/aromatic N) is 1. The van der Waals surface area contributed by atoms with E-state index in [-0.39, 0.29) is 0 Å². The Hall–Kier alpha value is 0.0569. The first-order chi connectivity index (χ1) is 10.2. The lowest BCUT2D eigenvalue weighted by atomic mass is 10.1. The van der Waals surface area contributed by atoms with Crippen LogP contribution >= 0.6 is 0 Å². The van der Waals surface area contributed by atoms with Crippen molar-refractivity contribution in [3.8, 4) is 0 Å². The number of hydrogen-bond donors (Lipinski definition) is 0. The van der Waals surface area contributed by atoms with E-state index in [2.05, 4.69) is 18.7 Å². The van der Waals surface area contributed by atoms with E-state index in [1.54, 1.807) is 21.3 Å². The fraction of sp³-hybridized carbons (Fsp3) is 1.00. The summed E-state index contributed by atoms with van der Waals surface area (Å²) in [6.07, 6.45) is 8.85. The Morgan fingerprint density at radius 1 is 0.667 bits per heavy atom. The molecule has 0 saturated carbocycles. The molecule has 0 amide bonds. The molecule has 0 saturated heterocycles. The minimum Gasteiger partial charge on any atom is -0.377 e. The molecule has 0 spiro atoms. The van der Waals surface area contributed by atoms with Crippen LogP contribution in [0.2, 0.25) is 6.04 Å². The molecule has 0 aliphatic heterocycles. The SMILES string of the molecule is CCCN(CCC)CCCCCCC[Si](OC)(OC)OC. The molecule has 5 heteroatoms. The van der Waals surface area contributed by atoms with Crippen LogP contribution in [0, 0.1) is 0 Å². The quantitative estimate of drug-likeness (QED) is 0.338. The lowest BCUT2D eigenvalue weighted by Gasteiger charge is -2.24. The van der Waals surface area contributed by atoms with Crippen molar-refractivity contribution >= 4 is 8.80 Å². The number of unbranched alkanes of at least 4 members (excludes halogenated alkanes) is 4. The lowest BCUT2D eigenvalue weighted by molar-refractivity contribution is 0.122. The summed E-state index contributed by atoms with van der Waals surface area (Å²) in [5.41, 5.74) is 0. The average molecular weight is 320 g/mol. The zero-order chi connectivity index (χ0) is 16.0. The van der Waals surface area contributed by atoms with Crippen molar-refractivity contribution in [2.24, 2.45) is 0 Å². The van der Waals surface area contributed by atoms with Crippen LogP contribution in [0.15, 0.2) is 0 Å². The van der Waals surface area contributed by atoms with E-state index >= 15 is 0 Å². The Kier molecular flexibility index (Phi) is 13.7. The van der Waals surface area contributed by atoms with Gasteiger partial charge in [-0.05, 0) is 45.3 Å². The molecule has 0 atom stereocenters. The molecule has 0 unspecified atom stereocenters. The topological polar surface area (TPSA) is 30.9 Å². The van der Waals surface area contributed by atoms with Crippen LogP contribution in [0.4, 0.5) is 0 Å². The van der Waals surface area contributed by atoms with Gasteiger partial charge in [0.05, 0.1) is 0 Å². The lowest BCUT2D eigenvalue weighted by Crippen LogP contribution is -2.42. The number of rotatable bonds is 15. The predicted octanol–water partition coefficient (Wildman–Crippen LogP) is 3.94. The van der Waals surface area contributed by atoms with Crippen molar-refractivity contribution in [3.63, 3.8) is 0 Å². The summed E-state index contributed by atoms with van der Waals surface area (Å²) in [7, 11) is 2.74. The van der Waals surface area contributed by atoms with Gasteiger partial charge in [-0.15, -0.1) is 0 Å². The van der Waals surface area contributed by atoms with Gasteiger partial charge in [0.1, 0.15) is 0 Å². The van der Waals surface area contributed by atoms with Gasteiger partial charge in [0.25, 0.3) is 0 Å². The molecule has 0 N–H and O–H groups in total. The molecule has 128 valence electrons. The fourth-order valence-electron chi connectivity index (χ4n) is 2.73. The molecule has 0 heterocycles. The van der Waals surface area contributed by atoms with E-state index < -0.39 is 8.80 Å². The summed E-state index contributed by atoms with van der Waals surface area (Å²) < 4.78 is 16.3. The van der Waals surface area contributed by atoms with Crippen molar-refractivity contribution in [2.75, 3.05) is 41.0 Å². The van der Waals surface area contributed by atoms with E-state index in [1.165, 1.54) is 58.2 Å². The van der Waals surface area contributed by atoms with Gasteiger partial charge in [0, 0.05) is 27.4 Å². The maximum atomic E-state index is 5.44. The molecular formula is C16H37NO3Si. The first-order valence-corrected chi connectivity index (χ1v) is 10.5. The zero-order valence-electron chi connectivity index (χ0n) is 15.0. The monoisotopic (exact) mass is 319 g/mol. The molecule has 0 fully saturated rings. The first-order valence-electron chi connectivity index (χ1n) is 8.55. The maximum Gasteiger partial charge on any atom is 0.500 e. The summed E-state index contributed by atoms with van der Waals surface area (Å²) in [4.78, 5) is 2.60. The molecule has 0 radical (unpaired) electrons. The second-order valence-electron chi connectivity index (χ2n) is 5.65. The Morgan fingerprint density at radius 2 is 1.14 bits per heavy atom. The first kappa shape index (κ1) is 21.1. The third-order valence-corrected chi connectivity index (χ3v) is 6.80. The highest BCUT2D eigenvalue weighted by molar-refractivity contribution is 6.60. The second kappa shape index (κ2) is 13.7. The van der Waals surface area contributed by atoms with Gasteiger partial charge in [-0.25, -0.2) is 0 Å². The van der Waals surface area contributed by atoms with E-state index in [0.717, 1.165) is 12.5 Å². The fourth-order valence-corrected chi connectivity index (χ4v) is 4.53. The van der Waals surface area contributed by atoms with E-state index in [0.29, 0.717) is 0 Å². The smallest absolute Gasteiger partial charge is 0.377 e. The third-order valence-electron chi connectivity index (χ3n) is 3.97. The second-order valence-corrected chi connectivity index (χ2v) is 8.75. The van der Waals surface area contributed by atoms with Crippen molar-refractivity contribution in [2.45, 2.75) is 64.8 Å². The molecule has 0 aliphatic carbocycles. The van der Waals surface area contributed by atoms with Crippen LogP contribution in [0.3, 0.4) is 0 Å². The summed E-state index contributed by atoms with van der Waals surface area (Å²) >= 11 is 0. The van der Waals surface area contributed by atoms with Crippen molar-refractivity contribution < 1.29 is 13.3 Å². The molecular weight excluding hydrogens is 282 g/mol. The van der Waals surface area contributed by atoms with Crippen LogP contribution in [0.1, 0.15) is 58.8 Å². The summed E-state index contributed by atoms with van der Waals surface area (Å²) in [6.45, 7) is 8.28. The van der Waals surface area contributed by atoms with Crippen molar-refractivity contribution in [3.05, 3.63) is 0 Å². The highest BCUT2D eigenvalue weighted by Gasteiger charge is 2.36. The molecule has 0 aliphatic rings. The van der Waals surface area contributed by atoms with Crippen LogP contribution in [0.25, 0.3) is 0 Å². The Morgan fingerprint density at radius 3 is 1.62 bits per heavy atom. The van der Waals surface area contributed by atoms with Crippen molar-refractivity contribution in [1.29, 1.82) is 0 Å². The van der Waals surface area contributed by atoms with Crippen LogP contribution in [-0.4, -0.2) is 54.7 Å². The molecule has 0 aromatic rings. The summed E-state index contributed by atoms with van der Waals surface area (Å²) in [5, 5.41) is 0. The molecule has 0 rings (SSSR count). The maximum absolute atomic E-state index is 5.44. The molecule has 4 nitrogen and oxygen atoms in total. The zero-order valence-corrected chi connectivity index (χ0v) is 16.0. The number of hydrogen-bond acceptors (Lipinski definition) is 4. The van der Waals surface area contributed by atoms with Crippen LogP contribution in [-0.2, 0) is 13.3 Å². The van der Waals surface area contributed by atoms with Gasteiger partial charge < -0.3 is 18.2 Å². The highest BCUT2D eigenvalue weighted by atomic mass is 28.4.